The molecule has 24 heavy (non-hydrogen) atoms. The van der Waals surface area contributed by atoms with Crippen molar-refractivity contribution in [1.29, 1.82) is 5.26 Å². The number of ether oxygens (including phenoxy) is 1. The van der Waals surface area contributed by atoms with Gasteiger partial charge in [0.25, 0.3) is 5.91 Å². The van der Waals surface area contributed by atoms with Gasteiger partial charge in [-0.1, -0.05) is 30.3 Å². The molecule has 0 saturated carbocycles. The molecule has 1 aromatic rings. The summed E-state index contributed by atoms with van der Waals surface area (Å²) >= 11 is 0. The molecule has 0 spiro atoms. The van der Waals surface area contributed by atoms with Crippen LogP contribution in [-0.2, 0) is 20.9 Å². The van der Waals surface area contributed by atoms with Crippen LogP contribution in [0.4, 0.5) is 0 Å². The molecule has 0 heterocycles. The molecule has 0 radical (unpaired) electrons. The SMILES string of the molecule is CCOC(=O)CN/C=C(/C#N)C(=O)N(Cc1ccccc1)C(C)C. The highest BCUT2D eigenvalue weighted by molar-refractivity contribution is 5.97. The zero-order chi connectivity index (χ0) is 17.9. The number of benzene rings is 1. The highest BCUT2D eigenvalue weighted by Gasteiger charge is 2.21. The smallest absolute Gasteiger partial charge is 0.325 e. The summed E-state index contributed by atoms with van der Waals surface area (Å²) < 4.78 is 4.77. The lowest BCUT2D eigenvalue weighted by atomic mass is 10.1. The molecule has 0 aromatic heterocycles. The molecular weight excluding hydrogens is 306 g/mol. The third kappa shape index (κ3) is 6.13. The maximum absolute atomic E-state index is 12.6. The van der Waals surface area contributed by atoms with Crippen LogP contribution in [0.3, 0.4) is 0 Å². The molecule has 0 unspecified atom stereocenters. The molecule has 0 aliphatic heterocycles. The summed E-state index contributed by atoms with van der Waals surface area (Å²) in [5, 5.41) is 11.9. The van der Waals surface area contributed by atoms with E-state index in [9.17, 15) is 14.9 Å². The molecule has 0 fully saturated rings. The van der Waals surface area contributed by atoms with Gasteiger partial charge in [-0.15, -0.1) is 0 Å². The van der Waals surface area contributed by atoms with Crippen LogP contribution in [0.15, 0.2) is 42.1 Å². The summed E-state index contributed by atoms with van der Waals surface area (Å²) in [5.41, 5.74) is 0.931. The largest absolute Gasteiger partial charge is 0.465 e. The van der Waals surface area contributed by atoms with Gasteiger partial charge in [0.15, 0.2) is 0 Å². The van der Waals surface area contributed by atoms with Gasteiger partial charge in [0, 0.05) is 18.8 Å². The lowest BCUT2D eigenvalue weighted by Gasteiger charge is -2.26. The van der Waals surface area contributed by atoms with Crippen LogP contribution in [0.5, 0.6) is 0 Å². The predicted molar refractivity (Wildman–Crippen MR) is 90.5 cm³/mol. The third-order valence-corrected chi connectivity index (χ3v) is 3.23. The molecule has 0 atom stereocenters. The van der Waals surface area contributed by atoms with Crippen molar-refractivity contribution < 1.29 is 14.3 Å². The zero-order valence-corrected chi connectivity index (χ0v) is 14.3. The van der Waals surface area contributed by atoms with E-state index in [4.69, 9.17) is 4.74 Å². The molecule has 1 N–H and O–H groups in total. The lowest BCUT2D eigenvalue weighted by molar-refractivity contribution is -0.141. The van der Waals surface area contributed by atoms with Crippen molar-refractivity contribution in [3.8, 4) is 6.07 Å². The van der Waals surface area contributed by atoms with Gasteiger partial charge in [-0.2, -0.15) is 5.26 Å². The summed E-state index contributed by atoms with van der Waals surface area (Å²) in [7, 11) is 0. The minimum atomic E-state index is -0.441. The first-order valence-electron chi connectivity index (χ1n) is 7.83. The van der Waals surface area contributed by atoms with E-state index >= 15 is 0 Å². The standard InChI is InChI=1S/C18H23N3O3/c1-4-24-17(22)12-20-11-16(10-19)18(23)21(14(2)3)13-15-8-6-5-7-9-15/h5-9,11,14,20H,4,12-13H2,1-3H3/b16-11-. The fraction of sp³-hybridized carbons (Fsp3) is 0.389. The van der Waals surface area contributed by atoms with E-state index in [1.165, 1.54) is 6.20 Å². The molecule has 0 saturated heterocycles. The normalized spacial score (nSPS) is 10.9. The summed E-state index contributed by atoms with van der Waals surface area (Å²) in [4.78, 5) is 25.5. The zero-order valence-electron chi connectivity index (χ0n) is 14.3. The Bertz CT molecular complexity index is 618. The van der Waals surface area contributed by atoms with E-state index in [2.05, 4.69) is 5.32 Å². The number of amides is 1. The van der Waals surface area contributed by atoms with Crippen LogP contribution in [-0.4, -0.2) is 36.0 Å². The van der Waals surface area contributed by atoms with E-state index in [1.807, 2.05) is 50.2 Å². The van der Waals surface area contributed by atoms with Crippen LogP contribution in [0.25, 0.3) is 0 Å². The number of carbonyl (C=O) groups excluding carboxylic acids is 2. The maximum Gasteiger partial charge on any atom is 0.325 e. The molecule has 1 aromatic carbocycles. The van der Waals surface area contributed by atoms with Gasteiger partial charge >= 0.3 is 5.97 Å². The molecule has 0 aliphatic carbocycles. The number of hydrogen-bond acceptors (Lipinski definition) is 5. The number of rotatable bonds is 8. The Morgan fingerprint density at radius 1 is 1.33 bits per heavy atom. The molecule has 0 aliphatic rings. The van der Waals surface area contributed by atoms with Crippen LogP contribution in [0.1, 0.15) is 26.3 Å². The Kier molecular flexibility index (Phi) is 8.06. The Morgan fingerprint density at radius 3 is 2.54 bits per heavy atom. The Balaban J connectivity index is 2.79. The van der Waals surface area contributed by atoms with Crippen molar-refractivity contribution in [2.24, 2.45) is 0 Å². The second-order valence-electron chi connectivity index (χ2n) is 5.37. The molecule has 1 rings (SSSR count). The lowest BCUT2D eigenvalue weighted by Crippen LogP contribution is -2.37. The third-order valence-electron chi connectivity index (χ3n) is 3.23. The average molecular weight is 329 g/mol. The van der Waals surface area contributed by atoms with Crippen LogP contribution in [0, 0.1) is 11.3 Å². The predicted octanol–water partition coefficient (Wildman–Crippen LogP) is 1.98. The van der Waals surface area contributed by atoms with E-state index in [0.717, 1.165) is 5.56 Å². The van der Waals surface area contributed by atoms with Crippen molar-refractivity contribution in [2.45, 2.75) is 33.4 Å². The number of nitriles is 1. The van der Waals surface area contributed by atoms with E-state index in [1.54, 1.807) is 11.8 Å². The minimum absolute atomic E-state index is 0.0519. The first kappa shape index (κ1) is 19.2. The Hall–Kier alpha value is -2.81. The summed E-state index contributed by atoms with van der Waals surface area (Å²) in [6, 6.07) is 11.4. The van der Waals surface area contributed by atoms with Gasteiger partial charge in [-0.25, -0.2) is 0 Å². The van der Waals surface area contributed by atoms with E-state index in [0.29, 0.717) is 6.54 Å². The number of nitrogens with zero attached hydrogens (tertiary/aromatic N) is 2. The Labute approximate surface area is 142 Å². The number of esters is 1. The number of hydrogen-bond donors (Lipinski definition) is 1. The van der Waals surface area contributed by atoms with E-state index in [-0.39, 0.29) is 30.7 Å². The highest BCUT2D eigenvalue weighted by Crippen LogP contribution is 2.12. The first-order valence-corrected chi connectivity index (χ1v) is 7.83. The van der Waals surface area contributed by atoms with Crippen molar-refractivity contribution in [3.63, 3.8) is 0 Å². The second kappa shape index (κ2) is 10.1. The molecule has 128 valence electrons. The van der Waals surface area contributed by atoms with Gasteiger partial charge in [-0.05, 0) is 26.3 Å². The number of nitrogens with one attached hydrogen (secondary N) is 1. The van der Waals surface area contributed by atoms with Crippen LogP contribution < -0.4 is 5.32 Å². The summed E-state index contributed by atoms with van der Waals surface area (Å²) in [6.45, 7) is 6.10. The second-order valence-corrected chi connectivity index (χ2v) is 5.37. The monoisotopic (exact) mass is 329 g/mol. The quantitative estimate of drug-likeness (QED) is 0.448. The van der Waals surface area contributed by atoms with Gasteiger partial charge in [0.05, 0.1) is 6.61 Å². The molecule has 1 amide bonds. The average Bonchev–Trinajstić information content (AvgIpc) is 2.57. The van der Waals surface area contributed by atoms with Gasteiger partial charge < -0.3 is 15.0 Å². The maximum atomic E-state index is 12.6. The van der Waals surface area contributed by atoms with Gasteiger partial charge in [0.2, 0.25) is 0 Å². The van der Waals surface area contributed by atoms with Crippen molar-refractivity contribution in [1.82, 2.24) is 10.2 Å². The van der Waals surface area contributed by atoms with Crippen molar-refractivity contribution in [3.05, 3.63) is 47.7 Å². The summed E-state index contributed by atoms with van der Waals surface area (Å²) in [5.74, 6) is -0.823. The van der Waals surface area contributed by atoms with Crippen LogP contribution in [0.2, 0.25) is 0 Å². The first-order chi connectivity index (χ1) is 11.5. The number of carbonyl (C=O) groups is 2. The molecule has 6 nitrogen and oxygen atoms in total. The fourth-order valence-corrected chi connectivity index (χ4v) is 2.01. The Morgan fingerprint density at radius 2 is 2.00 bits per heavy atom. The fourth-order valence-electron chi connectivity index (χ4n) is 2.01. The van der Waals surface area contributed by atoms with Crippen molar-refractivity contribution >= 4 is 11.9 Å². The van der Waals surface area contributed by atoms with E-state index < -0.39 is 5.97 Å². The van der Waals surface area contributed by atoms with Crippen LogP contribution >= 0.6 is 0 Å². The minimum Gasteiger partial charge on any atom is -0.465 e. The van der Waals surface area contributed by atoms with Gasteiger partial charge in [-0.3, -0.25) is 9.59 Å². The molecule has 6 heteroatoms. The van der Waals surface area contributed by atoms with Gasteiger partial charge in [0.1, 0.15) is 18.2 Å². The molecule has 0 bridgehead atoms. The summed E-state index contributed by atoms with van der Waals surface area (Å²) in [6.07, 6.45) is 1.26. The molecular formula is C18H23N3O3. The van der Waals surface area contributed by atoms with Crippen molar-refractivity contribution in [2.75, 3.05) is 13.2 Å². The topological polar surface area (TPSA) is 82.4 Å². The highest BCUT2D eigenvalue weighted by atomic mass is 16.5.